The van der Waals surface area contributed by atoms with E-state index in [0.717, 1.165) is 30.4 Å². The normalized spacial score (nSPS) is 22.4. The lowest BCUT2D eigenvalue weighted by molar-refractivity contribution is -0.151. The Bertz CT molecular complexity index is 508. The van der Waals surface area contributed by atoms with Crippen molar-refractivity contribution in [2.75, 3.05) is 6.54 Å². The summed E-state index contributed by atoms with van der Waals surface area (Å²) in [7, 11) is 0. The zero-order valence-corrected chi connectivity index (χ0v) is 10.0. The lowest BCUT2D eigenvalue weighted by Gasteiger charge is -2.34. The van der Waals surface area contributed by atoms with E-state index in [4.69, 9.17) is 0 Å². The summed E-state index contributed by atoms with van der Waals surface area (Å²) < 4.78 is 0. The van der Waals surface area contributed by atoms with Crippen LogP contribution in [0.15, 0.2) is 24.3 Å². The third-order valence-electron chi connectivity index (χ3n) is 3.73. The number of aliphatic carboxylic acids is 1. The maximum atomic E-state index is 12.1. The summed E-state index contributed by atoms with van der Waals surface area (Å²) in [6.07, 6.45) is 2.56. The molecule has 1 N–H and O–H groups in total. The smallest absolute Gasteiger partial charge is 0.331 e. The molecule has 0 radical (unpaired) electrons. The number of rotatable bonds is 2. The van der Waals surface area contributed by atoms with Gasteiger partial charge in [-0.3, -0.25) is 4.79 Å². The number of hydrogen-bond donors (Lipinski definition) is 1. The molecule has 1 atom stereocenters. The summed E-state index contributed by atoms with van der Waals surface area (Å²) in [6.45, 7) is 0.517. The number of fused-ring (bicyclic) bond motifs is 1. The van der Waals surface area contributed by atoms with Crippen molar-refractivity contribution in [1.29, 1.82) is 0 Å². The quantitative estimate of drug-likeness (QED) is 0.861. The van der Waals surface area contributed by atoms with Gasteiger partial charge in [-0.05, 0) is 30.4 Å². The molecular weight excluding hydrogens is 230 g/mol. The Hall–Kier alpha value is -1.84. The van der Waals surface area contributed by atoms with Crippen molar-refractivity contribution in [1.82, 2.24) is 4.90 Å². The molecule has 0 aromatic heterocycles. The molecule has 1 amide bonds. The maximum absolute atomic E-state index is 12.1. The predicted molar refractivity (Wildman–Crippen MR) is 65.0 cm³/mol. The Labute approximate surface area is 105 Å². The number of hydrogen-bond acceptors (Lipinski definition) is 2. The standard InChI is InChI=1S/C14H15NO3/c16-13(10-5-6-10)15-8-7-9-3-1-2-4-11(9)12(15)14(17)18/h1-4,10,12H,5-8H2,(H,17,18)/t12-/m0/s1. The molecule has 1 aromatic rings. The van der Waals surface area contributed by atoms with Gasteiger partial charge in [0.15, 0.2) is 6.04 Å². The van der Waals surface area contributed by atoms with E-state index in [9.17, 15) is 14.7 Å². The summed E-state index contributed by atoms with van der Waals surface area (Å²) >= 11 is 0. The fourth-order valence-electron chi connectivity index (χ4n) is 2.64. The van der Waals surface area contributed by atoms with Crippen molar-refractivity contribution < 1.29 is 14.7 Å². The molecule has 4 heteroatoms. The van der Waals surface area contributed by atoms with Gasteiger partial charge in [0, 0.05) is 12.5 Å². The van der Waals surface area contributed by atoms with Crippen LogP contribution in [0.2, 0.25) is 0 Å². The highest BCUT2D eigenvalue weighted by Gasteiger charge is 2.41. The van der Waals surface area contributed by atoms with E-state index in [2.05, 4.69) is 0 Å². The van der Waals surface area contributed by atoms with Gasteiger partial charge in [0.2, 0.25) is 5.91 Å². The van der Waals surface area contributed by atoms with Crippen LogP contribution in [0.4, 0.5) is 0 Å². The van der Waals surface area contributed by atoms with Crippen LogP contribution in [0.5, 0.6) is 0 Å². The number of carbonyl (C=O) groups is 2. The van der Waals surface area contributed by atoms with Gasteiger partial charge < -0.3 is 10.0 Å². The molecule has 1 fully saturated rings. The minimum Gasteiger partial charge on any atom is -0.479 e. The van der Waals surface area contributed by atoms with E-state index in [0.29, 0.717) is 6.54 Å². The molecule has 94 valence electrons. The molecule has 0 spiro atoms. The number of nitrogens with zero attached hydrogens (tertiary/aromatic N) is 1. The Kier molecular flexibility index (Phi) is 2.58. The minimum atomic E-state index is -0.934. The van der Waals surface area contributed by atoms with E-state index in [1.807, 2.05) is 24.3 Å². The van der Waals surface area contributed by atoms with Crippen LogP contribution in [0.3, 0.4) is 0 Å². The zero-order chi connectivity index (χ0) is 12.7. The van der Waals surface area contributed by atoms with Crippen LogP contribution in [-0.2, 0) is 16.0 Å². The highest BCUT2D eigenvalue weighted by molar-refractivity contribution is 5.88. The summed E-state index contributed by atoms with van der Waals surface area (Å²) in [5.74, 6) is -0.856. The first kappa shape index (κ1) is 11.3. The molecule has 1 aliphatic heterocycles. The number of amides is 1. The molecule has 1 heterocycles. The minimum absolute atomic E-state index is 0.0110. The maximum Gasteiger partial charge on any atom is 0.331 e. The second-order valence-corrected chi connectivity index (χ2v) is 5.00. The lowest BCUT2D eigenvalue weighted by Crippen LogP contribution is -2.44. The van der Waals surface area contributed by atoms with Crippen molar-refractivity contribution in [3.63, 3.8) is 0 Å². The van der Waals surface area contributed by atoms with E-state index in [-0.39, 0.29) is 11.8 Å². The summed E-state index contributed by atoms with van der Waals surface area (Å²) in [6, 6.07) is 6.71. The first-order valence-corrected chi connectivity index (χ1v) is 6.29. The van der Waals surface area contributed by atoms with Gasteiger partial charge in [0.1, 0.15) is 0 Å². The van der Waals surface area contributed by atoms with Gasteiger partial charge in [-0.15, -0.1) is 0 Å². The second kappa shape index (κ2) is 4.12. The Morgan fingerprint density at radius 2 is 1.94 bits per heavy atom. The van der Waals surface area contributed by atoms with Crippen molar-refractivity contribution in [3.05, 3.63) is 35.4 Å². The summed E-state index contributed by atoms with van der Waals surface area (Å²) in [4.78, 5) is 25.2. The Morgan fingerprint density at radius 1 is 1.22 bits per heavy atom. The van der Waals surface area contributed by atoms with Crippen molar-refractivity contribution in [2.24, 2.45) is 5.92 Å². The third-order valence-corrected chi connectivity index (χ3v) is 3.73. The molecule has 0 bridgehead atoms. The average Bonchev–Trinajstić information content (AvgIpc) is 3.20. The third kappa shape index (κ3) is 1.78. The number of carbonyl (C=O) groups excluding carboxylic acids is 1. The van der Waals surface area contributed by atoms with Crippen LogP contribution < -0.4 is 0 Å². The zero-order valence-electron chi connectivity index (χ0n) is 10.0. The van der Waals surface area contributed by atoms with Gasteiger partial charge in [-0.1, -0.05) is 24.3 Å². The predicted octanol–water partition coefficient (Wildman–Crippen LogP) is 1.61. The van der Waals surface area contributed by atoms with Gasteiger partial charge in [0.25, 0.3) is 0 Å². The van der Waals surface area contributed by atoms with E-state index < -0.39 is 12.0 Å². The van der Waals surface area contributed by atoms with Gasteiger partial charge in [-0.2, -0.15) is 0 Å². The second-order valence-electron chi connectivity index (χ2n) is 5.00. The first-order chi connectivity index (χ1) is 8.68. The highest BCUT2D eigenvalue weighted by atomic mass is 16.4. The largest absolute Gasteiger partial charge is 0.479 e. The van der Waals surface area contributed by atoms with E-state index >= 15 is 0 Å². The number of carboxylic acid groups (broad SMARTS) is 1. The summed E-state index contributed by atoms with van der Waals surface area (Å²) in [5.41, 5.74) is 1.81. The lowest BCUT2D eigenvalue weighted by atomic mass is 9.92. The van der Waals surface area contributed by atoms with E-state index in [1.165, 1.54) is 0 Å². The average molecular weight is 245 g/mol. The SMILES string of the molecule is O=C(O)[C@@H]1c2ccccc2CCN1C(=O)C1CC1. The fraction of sp³-hybridized carbons (Fsp3) is 0.429. The molecule has 1 aliphatic carbocycles. The molecule has 4 nitrogen and oxygen atoms in total. The van der Waals surface area contributed by atoms with Crippen LogP contribution in [0.1, 0.15) is 30.0 Å². The van der Waals surface area contributed by atoms with Crippen LogP contribution >= 0.6 is 0 Å². The molecular formula is C14H15NO3. The molecule has 18 heavy (non-hydrogen) atoms. The highest BCUT2D eigenvalue weighted by Crippen LogP contribution is 2.37. The first-order valence-electron chi connectivity index (χ1n) is 6.29. The van der Waals surface area contributed by atoms with Crippen molar-refractivity contribution >= 4 is 11.9 Å². The topological polar surface area (TPSA) is 57.6 Å². The van der Waals surface area contributed by atoms with Crippen LogP contribution in [0, 0.1) is 5.92 Å². The number of carboxylic acids is 1. The molecule has 0 unspecified atom stereocenters. The molecule has 1 aromatic carbocycles. The van der Waals surface area contributed by atoms with Crippen molar-refractivity contribution in [3.8, 4) is 0 Å². The van der Waals surface area contributed by atoms with Crippen LogP contribution in [-0.4, -0.2) is 28.4 Å². The Morgan fingerprint density at radius 3 is 2.61 bits per heavy atom. The van der Waals surface area contributed by atoms with Gasteiger partial charge in [-0.25, -0.2) is 4.79 Å². The van der Waals surface area contributed by atoms with Crippen molar-refractivity contribution in [2.45, 2.75) is 25.3 Å². The van der Waals surface area contributed by atoms with Crippen LogP contribution in [0.25, 0.3) is 0 Å². The monoisotopic (exact) mass is 245 g/mol. The van der Waals surface area contributed by atoms with Gasteiger partial charge in [0.05, 0.1) is 0 Å². The number of benzene rings is 1. The van der Waals surface area contributed by atoms with E-state index in [1.54, 1.807) is 4.90 Å². The Balaban J connectivity index is 1.98. The summed E-state index contributed by atoms with van der Waals surface area (Å²) in [5, 5.41) is 9.41. The molecule has 1 saturated carbocycles. The molecule has 0 saturated heterocycles. The molecule has 3 rings (SSSR count). The fourth-order valence-corrected chi connectivity index (χ4v) is 2.64. The molecule has 2 aliphatic rings. The van der Waals surface area contributed by atoms with Gasteiger partial charge >= 0.3 is 5.97 Å².